The minimum atomic E-state index is -0.0493. The van der Waals surface area contributed by atoms with Crippen LogP contribution in [0.15, 0.2) is 18.2 Å². The molecule has 4 nitrogen and oxygen atoms in total. The Labute approximate surface area is 118 Å². The van der Waals surface area contributed by atoms with Crippen molar-refractivity contribution in [2.75, 3.05) is 25.0 Å². The Morgan fingerprint density at radius 2 is 2.16 bits per heavy atom. The van der Waals surface area contributed by atoms with Crippen LogP contribution in [0, 0.1) is 5.92 Å². The van der Waals surface area contributed by atoms with Gasteiger partial charge in [0, 0.05) is 19.2 Å². The fraction of sp³-hybridized carbons (Fsp3) is 0.429. The number of hydrogen-bond acceptors (Lipinski definition) is 3. The molecule has 1 aromatic carbocycles. The SMILES string of the molecule is CC(C)CNC(=O)CN(C)c1ccc(C=O)cc1Cl. The van der Waals surface area contributed by atoms with Crippen LogP contribution in [0.2, 0.25) is 5.02 Å². The molecule has 1 rings (SSSR count). The van der Waals surface area contributed by atoms with Gasteiger partial charge in [0.25, 0.3) is 0 Å². The van der Waals surface area contributed by atoms with E-state index in [1.807, 2.05) is 13.8 Å². The standard InChI is InChI=1S/C14H19ClN2O2/c1-10(2)7-16-14(19)8-17(3)13-5-4-11(9-18)6-12(13)15/h4-6,9-10H,7-8H2,1-3H3,(H,16,19). The summed E-state index contributed by atoms with van der Waals surface area (Å²) in [5, 5.41) is 3.31. The molecule has 0 aromatic heterocycles. The predicted molar refractivity (Wildman–Crippen MR) is 78.0 cm³/mol. The molecule has 0 spiro atoms. The van der Waals surface area contributed by atoms with E-state index in [1.54, 1.807) is 30.1 Å². The second-order valence-corrected chi connectivity index (χ2v) is 5.29. The van der Waals surface area contributed by atoms with E-state index < -0.39 is 0 Å². The van der Waals surface area contributed by atoms with Crippen molar-refractivity contribution in [2.24, 2.45) is 5.92 Å². The third-order valence-electron chi connectivity index (χ3n) is 2.61. The minimum Gasteiger partial charge on any atom is -0.364 e. The lowest BCUT2D eigenvalue weighted by molar-refractivity contribution is -0.119. The number of aldehydes is 1. The summed E-state index contributed by atoms with van der Waals surface area (Å²) in [6.45, 7) is 4.97. The average Bonchev–Trinajstić information content (AvgIpc) is 2.35. The number of benzene rings is 1. The van der Waals surface area contributed by atoms with Crippen molar-refractivity contribution in [3.8, 4) is 0 Å². The number of likely N-dealkylation sites (N-methyl/N-ethyl adjacent to an activating group) is 1. The fourth-order valence-electron chi connectivity index (χ4n) is 1.58. The molecule has 0 aliphatic heterocycles. The van der Waals surface area contributed by atoms with Crippen LogP contribution in [-0.4, -0.2) is 32.3 Å². The van der Waals surface area contributed by atoms with Gasteiger partial charge < -0.3 is 10.2 Å². The van der Waals surface area contributed by atoms with Gasteiger partial charge in [0.15, 0.2) is 0 Å². The van der Waals surface area contributed by atoms with Crippen molar-refractivity contribution in [3.05, 3.63) is 28.8 Å². The van der Waals surface area contributed by atoms with Crippen LogP contribution in [0.4, 0.5) is 5.69 Å². The number of carbonyl (C=O) groups is 2. The maximum absolute atomic E-state index is 11.7. The molecule has 104 valence electrons. The van der Waals surface area contributed by atoms with Gasteiger partial charge in [0.05, 0.1) is 17.3 Å². The van der Waals surface area contributed by atoms with E-state index in [0.717, 1.165) is 12.0 Å². The van der Waals surface area contributed by atoms with Crippen LogP contribution in [0.25, 0.3) is 0 Å². The number of hydrogen-bond donors (Lipinski definition) is 1. The van der Waals surface area contributed by atoms with Crippen molar-refractivity contribution in [1.82, 2.24) is 5.32 Å². The number of amides is 1. The molecule has 0 radical (unpaired) electrons. The zero-order valence-electron chi connectivity index (χ0n) is 11.4. The quantitative estimate of drug-likeness (QED) is 0.815. The van der Waals surface area contributed by atoms with Gasteiger partial charge in [-0.1, -0.05) is 25.4 Å². The Hall–Kier alpha value is -1.55. The molecule has 0 atom stereocenters. The first-order valence-electron chi connectivity index (χ1n) is 6.16. The monoisotopic (exact) mass is 282 g/mol. The van der Waals surface area contributed by atoms with Crippen molar-refractivity contribution < 1.29 is 9.59 Å². The summed E-state index contributed by atoms with van der Waals surface area (Å²) in [7, 11) is 1.79. The van der Waals surface area contributed by atoms with E-state index in [2.05, 4.69) is 5.32 Å². The van der Waals surface area contributed by atoms with Crippen LogP contribution >= 0.6 is 11.6 Å². The van der Waals surface area contributed by atoms with Gasteiger partial charge in [-0.15, -0.1) is 0 Å². The Morgan fingerprint density at radius 3 is 2.68 bits per heavy atom. The lowest BCUT2D eigenvalue weighted by Crippen LogP contribution is -2.36. The van der Waals surface area contributed by atoms with Gasteiger partial charge in [0.1, 0.15) is 6.29 Å². The second kappa shape index (κ2) is 7.14. The normalized spacial score (nSPS) is 10.4. The Morgan fingerprint density at radius 1 is 1.47 bits per heavy atom. The summed E-state index contributed by atoms with van der Waals surface area (Å²) >= 11 is 6.08. The second-order valence-electron chi connectivity index (χ2n) is 4.88. The third kappa shape index (κ3) is 4.91. The van der Waals surface area contributed by atoms with Gasteiger partial charge >= 0.3 is 0 Å². The summed E-state index contributed by atoms with van der Waals surface area (Å²) in [5.41, 5.74) is 1.25. The molecule has 1 N–H and O–H groups in total. The molecule has 1 amide bonds. The molecular weight excluding hydrogens is 264 g/mol. The summed E-state index contributed by atoms with van der Waals surface area (Å²) < 4.78 is 0. The molecule has 0 saturated heterocycles. The lowest BCUT2D eigenvalue weighted by atomic mass is 10.2. The number of carbonyl (C=O) groups excluding carboxylic acids is 2. The Kier molecular flexibility index (Phi) is 5.83. The summed E-state index contributed by atoms with van der Waals surface area (Å²) in [5.74, 6) is 0.372. The number of nitrogens with zero attached hydrogens (tertiary/aromatic N) is 1. The average molecular weight is 283 g/mol. The predicted octanol–water partition coefficient (Wildman–Crippen LogP) is 2.36. The number of nitrogens with one attached hydrogen (secondary N) is 1. The lowest BCUT2D eigenvalue weighted by Gasteiger charge is -2.20. The Balaban J connectivity index is 2.65. The molecule has 19 heavy (non-hydrogen) atoms. The zero-order chi connectivity index (χ0) is 14.4. The first-order valence-corrected chi connectivity index (χ1v) is 6.54. The first kappa shape index (κ1) is 15.5. The van der Waals surface area contributed by atoms with Gasteiger partial charge in [-0.25, -0.2) is 0 Å². The number of anilines is 1. The van der Waals surface area contributed by atoms with Crippen molar-refractivity contribution in [1.29, 1.82) is 0 Å². The molecule has 0 heterocycles. The zero-order valence-corrected chi connectivity index (χ0v) is 12.2. The molecule has 1 aromatic rings. The molecule has 0 aliphatic rings. The maximum Gasteiger partial charge on any atom is 0.239 e. The molecule has 0 saturated carbocycles. The highest BCUT2D eigenvalue weighted by atomic mass is 35.5. The number of halogens is 1. The topological polar surface area (TPSA) is 49.4 Å². The molecule has 0 unspecified atom stereocenters. The summed E-state index contributed by atoms with van der Waals surface area (Å²) in [6, 6.07) is 5.00. The van der Waals surface area contributed by atoms with E-state index in [4.69, 9.17) is 11.6 Å². The highest BCUT2D eigenvalue weighted by Gasteiger charge is 2.11. The highest BCUT2D eigenvalue weighted by molar-refractivity contribution is 6.33. The van der Waals surface area contributed by atoms with Crippen molar-refractivity contribution in [2.45, 2.75) is 13.8 Å². The van der Waals surface area contributed by atoms with Gasteiger partial charge in [0.2, 0.25) is 5.91 Å². The largest absolute Gasteiger partial charge is 0.364 e. The van der Waals surface area contributed by atoms with E-state index in [1.165, 1.54) is 0 Å². The van der Waals surface area contributed by atoms with Crippen LogP contribution in [0.5, 0.6) is 0 Å². The van der Waals surface area contributed by atoms with Gasteiger partial charge in [-0.3, -0.25) is 9.59 Å². The van der Waals surface area contributed by atoms with Gasteiger partial charge in [-0.2, -0.15) is 0 Å². The maximum atomic E-state index is 11.7. The first-order chi connectivity index (χ1) is 8.93. The Bertz CT molecular complexity index is 461. The molecule has 0 fully saturated rings. The molecule has 0 bridgehead atoms. The van der Waals surface area contributed by atoms with E-state index >= 15 is 0 Å². The molecule has 0 aliphatic carbocycles. The third-order valence-corrected chi connectivity index (χ3v) is 2.91. The van der Waals surface area contributed by atoms with E-state index in [-0.39, 0.29) is 12.5 Å². The van der Waals surface area contributed by atoms with Crippen molar-refractivity contribution >= 4 is 29.5 Å². The van der Waals surface area contributed by atoms with Crippen LogP contribution in [-0.2, 0) is 4.79 Å². The minimum absolute atomic E-state index is 0.0493. The molecule has 5 heteroatoms. The van der Waals surface area contributed by atoms with E-state index in [9.17, 15) is 9.59 Å². The van der Waals surface area contributed by atoms with Crippen molar-refractivity contribution in [3.63, 3.8) is 0 Å². The highest BCUT2D eigenvalue weighted by Crippen LogP contribution is 2.25. The van der Waals surface area contributed by atoms with Crippen LogP contribution < -0.4 is 10.2 Å². The number of rotatable bonds is 6. The van der Waals surface area contributed by atoms with Crippen LogP contribution in [0.1, 0.15) is 24.2 Å². The van der Waals surface area contributed by atoms with Crippen LogP contribution in [0.3, 0.4) is 0 Å². The summed E-state index contributed by atoms with van der Waals surface area (Å²) in [6.07, 6.45) is 0.741. The van der Waals surface area contributed by atoms with Gasteiger partial charge in [-0.05, 0) is 24.1 Å². The smallest absolute Gasteiger partial charge is 0.239 e. The molecular formula is C14H19ClN2O2. The summed E-state index contributed by atoms with van der Waals surface area (Å²) in [4.78, 5) is 24.1. The van der Waals surface area contributed by atoms with E-state index in [0.29, 0.717) is 23.0 Å². The fourth-order valence-corrected chi connectivity index (χ4v) is 1.91.